The molecule has 0 atom stereocenters. The average molecular weight is 424 g/mol. The quantitative estimate of drug-likeness (QED) is 0.768. The first kappa shape index (κ1) is 20.8. The maximum absolute atomic E-state index is 13.6. The van der Waals surface area contributed by atoms with Gasteiger partial charge in [0, 0.05) is 17.3 Å². The van der Waals surface area contributed by atoms with Gasteiger partial charge in [0.05, 0.1) is 11.9 Å². The Morgan fingerprint density at radius 1 is 1.17 bits per heavy atom. The summed E-state index contributed by atoms with van der Waals surface area (Å²) >= 11 is 0. The Balaban J connectivity index is 1.22. The van der Waals surface area contributed by atoms with Crippen molar-refractivity contribution in [2.24, 2.45) is 5.92 Å². The minimum absolute atomic E-state index is 0.110. The molecule has 1 N–H and O–H groups in total. The molecule has 0 radical (unpaired) electrons. The molecule has 0 spiro atoms. The molecule has 1 aliphatic heterocycles. The van der Waals surface area contributed by atoms with Crippen molar-refractivity contribution in [1.82, 2.24) is 14.8 Å². The number of fused-ring (bicyclic) bond motifs is 1. The van der Waals surface area contributed by atoms with Gasteiger partial charge >= 0.3 is 0 Å². The SMILES string of the molecule is CS(=O)(=O)NC1CCC(CCN2CCC(c3noc4ccc(F)cc34)CC2)CC1. The van der Waals surface area contributed by atoms with Gasteiger partial charge < -0.3 is 9.42 Å². The molecular weight excluding hydrogens is 393 g/mol. The first-order valence-corrected chi connectivity index (χ1v) is 12.5. The van der Waals surface area contributed by atoms with E-state index in [2.05, 4.69) is 14.8 Å². The second kappa shape index (κ2) is 8.70. The number of rotatable bonds is 6. The van der Waals surface area contributed by atoms with Gasteiger partial charge in [-0.15, -0.1) is 0 Å². The van der Waals surface area contributed by atoms with Crippen molar-refractivity contribution in [3.8, 4) is 0 Å². The predicted molar refractivity (Wildman–Crippen MR) is 111 cm³/mol. The van der Waals surface area contributed by atoms with Crippen LogP contribution in [0.15, 0.2) is 22.7 Å². The van der Waals surface area contributed by atoms with Gasteiger partial charge in [-0.05, 0) is 88.7 Å². The second-order valence-electron chi connectivity index (χ2n) is 8.72. The van der Waals surface area contributed by atoms with E-state index >= 15 is 0 Å². The van der Waals surface area contributed by atoms with E-state index in [-0.39, 0.29) is 11.9 Å². The molecule has 0 unspecified atom stereocenters. The predicted octanol–water partition coefficient (Wildman–Crippen LogP) is 3.64. The largest absolute Gasteiger partial charge is 0.356 e. The number of sulfonamides is 1. The van der Waals surface area contributed by atoms with Crippen LogP contribution in [0.5, 0.6) is 0 Å². The Labute approximate surface area is 171 Å². The molecule has 8 heteroatoms. The zero-order valence-electron chi connectivity index (χ0n) is 16.9. The topological polar surface area (TPSA) is 75.4 Å². The normalized spacial score (nSPS) is 24.9. The van der Waals surface area contributed by atoms with Crippen LogP contribution in [0, 0.1) is 11.7 Å². The van der Waals surface area contributed by atoms with Crippen LogP contribution in [0.25, 0.3) is 11.0 Å². The van der Waals surface area contributed by atoms with Gasteiger partial charge in [0.15, 0.2) is 5.58 Å². The summed E-state index contributed by atoms with van der Waals surface area (Å²) in [6.07, 6.45) is 8.52. The third-order valence-electron chi connectivity index (χ3n) is 6.52. The zero-order valence-corrected chi connectivity index (χ0v) is 17.8. The fourth-order valence-electron chi connectivity index (χ4n) is 4.89. The van der Waals surface area contributed by atoms with Crippen molar-refractivity contribution in [3.63, 3.8) is 0 Å². The summed E-state index contributed by atoms with van der Waals surface area (Å²) in [7, 11) is -3.10. The van der Waals surface area contributed by atoms with Gasteiger partial charge in [-0.1, -0.05) is 5.16 Å². The standard InChI is InChI=1S/C21H30FN3O3S/c1-29(26,27)24-18-5-2-15(3-6-18)8-11-25-12-9-16(10-13-25)21-19-14-17(22)4-7-20(19)28-23-21/h4,7,14-16,18,24H,2-3,5-6,8-13H2,1H3. The number of piperidine rings is 1. The number of hydrogen-bond acceptors (Lipinski definition) is 5. The third kappa shape index (κ3) is 5.35. The number of halogens is 1. The first-order valence-electron chi connectivity index (χ1n) is 10.6. The molecular formula is C21H30FN3O3S. The highest BCUT2D eigenvalue weighted by Gasteiger charge is 2.27. The number of nitrogens with one attached hydrogen (secondary N) is 1. The summed E-state index contributed by atoms with van der Waals surface area (Å²) in [5.74, 6) is 0.764. The Kier molecular flexibility index (Phi) is 6.22. The molecule has 2 aromatic rings. The molecule has 2 heterocycles. The smallest absolute Gasteiger partial charge is 0.208 e. The summed E-state index contributed by atoms with van der Waals surface area (Å²) in [4.78, 5) is 2.51. The number of hydrogen-bond donors (Lipinski definition) is 1. The van der Waals surface area contributed by atoms with Gasteiger partial charge in [0.25, 0.3) is 0 Å². The lowest BCUT2D eigenvalue weighted by Crippen LogP contribution is -2.38. The van der Waals surface area contributed by atoms with E-state index in [1.54, 1.807) is 6.07 Å². The van der Waals surface area contributed by atoms with E-state index in [9.17, 15) is 12.8 Å². The van der Waals surface area contributed by atoms with Crippen LogP contribution in [-0.2, 0) is 10.0 Å². The second-order valence-corrected chi connectivity index (χ2v) is 10.5. The molecule has 0 bridgehead atoms. The molecule has 4 rings (SSSR count). The summed E-state index contributed by atoms with van der Waals surface area (Å²) < 4.78 is 44.4. The van der Waals surface area contributed by atoms with Gasteiger partial charge in [-0.3, -0.25) is 0 Å². The van der Waals surface area contributed by atoms with Crippen LogP contribution >= 0.6 is 0 Å². The first-order chi connectivity index (χ1) is 13.9. The highest BCUT2D eigenvalue weighted by Crippen LogP contribution is 2.33. The molecule has 1 aromatic carbocycles. The minimum atomic E-state index is -3.10. The van der Waals surface area contributed by atoms with E-state index in [1.165, 1.54) is 24.8 Å². The van der Waals surface area contributed by atoms with Crippen LogP contribution in [0.1, 0.15) is 56.6 Å². The minimum Gasteiger partial charge on any atom is -0.356 e. The van der Waals surface area contributed by atoms with Gasteiger partial charge in [0.2, 0.25) is 10.0 Å². The summed E-state index contributed by atoms with van der Waals surface area (Å²) in [5.41, 5.74) is 1.56. The Morgan fingerprint density at radius 2 is 1.90 bits per heavy atom. The lowest BCUT2D eigenvalue weighted by Gasteiger charge is -2.34. The highest BCUT2D eigenvalue weighted by atomic mass is 32.2. The summed E-state index contributed by atoms with van der Waals surface area (Å²) in [6.45, 7) is 3.15. The Morgan fingerprint density at radius 3 is 2.59 bits per heavy atom. The summed E-state index contributed by atoms with van der Waals surface area (Å²) in [6, 6.07) is 4.70. The molecule has 1 saturated carbocycles. The van der Waals surface area contributed by atoms with E-state index in [4.69, 9.17) is 4.52 Å². The van der Waals surface area contributed by atoms with Crippen LogP contribution in [-0.4, -0.2) is 50.4 Å². The number of likely N-dealkylation sites (tertiary alicyclic amines) is 1. The van der Waals surface area contributed by atoms with Gasteiger partial charge in [-0.2, -0.15) is 0 Å². The molecule has 1 saturated heterocycles. The van der Waals surface area contributed by atoms with Crippen molar-refractivity contribution in [2.75, 3.05) is 25.9 Å². The molecule has 160 valence electrons. The molecule has 6 nitrogen and oxygen atoms in total. The van der Waals surface area contributed by atoms with Crippen LogP contribution in [0.4, 0.5) is 4.39 Å². The van der Waals surface area contributed by atoms with E-state index < -0.39 is 10.0 Å². The van der Waals surface area contributed by atoms with Crippen LogP contribution in [0.2, 0.25) is 0 Å². The summed E-state index contributed by atoms with van der Waals surface area (Å²) in [5, 5.41) is 5.04. The molecule has 0 amide bonds. The van der Waals surface area contributed by atoms with Crippen LogP contribution in [0.3, 0.4) is 0 Å². The van der Waals surface area contributed by atoms with E-state index in [0.29, 0.717) is 17.4 Å². The maximum atomic E-state index is 13.6. The Bertz CT molecular complexity index is 930. The van der Waals surface area contributed by atoms with Crippen molar-refractivity contribution in [1.29, 1.82) is 0 Å². The fourth-order valence-corrected chi connectivity index (χ4v) is 5.73. The number of nitrogens with zero attached hydrogens (tertiary/aromatic N) is 2. The third-order valence-corrected chi connectivity index (χ3v) is 7.28. The van der Waals surface area contributed by atoms with Crippen molar-refractivity contribution in [3.05, 3.63) is 29.7 Å². The van der Waals surface area contributed by atoms with Gasteiger partial charge in [-0.25, -0.2) is 17.5 Å². The molecule has 29 heavy (non-hydrogen) atoms. The highest BCUT2D eigenvalue weighted by molar-refractivity contribution is 7.88. The van der Waals surface area contributed by atoms with Crippen molar-refractivity contribution >= 4 is 21.0 Å². The lowest BCUT2D eigenvalue weighted by molar-refractivity contribution is 0.183. The molecule has 1 aliphatic carbocycles. The van der Waals surface area contributed by atoms with Crippen LogP contribution < -0.4 is 4.72 Å². The Hall–Kier alpha value is -1.51. The van der Waals surface area contributed by atoms with E-state index in [1.807, 2.05) is 0 Å². The average Bonchev–Trinajstić information content (AvgIpc) is 3.10. The van der Waals surface area contributed by atoms with Gasteiger partial charge in [0.1, 0.15) is 5.82 Å². The lowest BCUT2D eigenvalue weighted by atomic mass is 9.84. The zero-order chi connectivity index (χ0) is 20.4. The number of benzene rings is 1. The molecule has 2 aliphatic rings. The van der Waals surface area contributed by atoms with Crippen molar-refractivity contribution in [2.45, 2.75) is 56.9 Å². The fraction of sp³-hybridized carbons (Fsp3) is 0.667. The number of aromatic nitrogens is 1. The van der Waals surface area contributed by atoms with E-state index in [0.717, 1.165) is 69.2 Å². The molecule has 2 fully saturated rings. The monoisotopic (exact) mass is 423 g/mol. The maximum Gasteiger partial charge on any atom is 0.208 e. The molecule has 1 aromatic heterocycles. The van der Waals surface area contributed by atoms with Crippen molar-refractivity contribution < 1.29 is 17.3 Å².